The first kappa shape index (κ1) is 16.6. The summed E-state index contributed by atoms with van der Waals surface area (Å²) in [5.74, 6) is 2.86. The second kappa shape index (κ2) is 8.06. The molecule has 0 radical (unpaired) electrons. The first-order chi connectivity index (χ1) is 11.7. The highest BCUT2D eigenvalue weighted by molar-refractivity contribution is 7.99. The first-order valence-electron chi connectivity index (χ1n) is 8.08. The molecule has 0 saturated carbocycles. The van der Waals surface area contributed by atoms with Crippen LogP contribution in [0.3, 0.4) is 0 Å². The predicted octanol–water partition coefficient (Wildman–Crippen LogP) is 1.76. The van der Waals surface area contributed by atoms with Gasteiger partial charge in [0.1, 0.15) is 0 Å². The molecule has 6 heteroatoms. The second-order valence-corrected chi connectivity index (χ2v) is 6.98. The first-order valence-corrected chi connectivity index (χ1v) is 9.24. The minimum atomic E-state index is 0.0126. The Labute approximate surface area is 146 Å². The van der Waals surface area contributed by atoms with Crippen molar-refractivity contribution in [3.8, 4) is 0 Å². The average Bonchev–Trinajstić information content (AvgIpc) is 2.63. The van der Waals surface area contributed by atoms with Crippen molar-refractivity contribution in [3.05, 3.63) is 70.1 Å². The van der Waals surface area contributed by atoms with E-state index >= 15 is 0 Å². The highest BCUT2D eigenvalue weighted by Gasteiger charge is 2.11. The Balaban J connectivity index is 1.60. The van der Waals surface area contributed by atoms with Crippen LogP contribution in [-0.4, -0.2) is 40.0 Å². The van der Waals surface area contributed by atoms with Crippen molar-refractivity contribution < 1.29 is 0 Å². The zero-order chi connectivity index (χ0) is 16.8. The molecule has 2 aromatic rings. The van der Waals surface area contributed by atoms with Gasteiger partial charge in [-0.05, 0) is 17.2 Å². The molecular formula is C18H22N4OS. The molecule has 2 heterocycles. The Morgan fingerprint density at radius 3 is 2.50 bits per heavy atom. The van der Waals surface area contributed by atoms with Gasteiger partial charge in [-0.2, -0.15) is 11.8 Å². The van der Waals surface area contributed by atoms with E-state index in [1.165, 1.54) is 0 Å². The van der Waals surface area contributed by atoms with Crippen molar-refractivity contribution in [2.24, 2.45) is 10.7 Å². The van der Waals surface area contributed by atoms with E-state index in [4.69, 9.17) is 5.73 Å². The Hall–Kier alpha value is -2.21. The summed E-state index contributed by atoms with van der Waals surface area (Å²) in [6.07, 6.45) is 1.80. The standard InChI is InChI=1S/C18H22N4OS/c19-18(21-9-11-24-12-10-21)20-13-15-4-6-16(7-5-15)14-22-8-2-1-3-17(22)23/h1-8H,9-14H2,(H2,19,20). The molecule has 0 spiro atoms. The molecule has 2 N–H and O–H groups in total. The molecule has 24 heavy (non-hydrogen) atoms. The summed E-state index contributed by atoms with van der Waals surface area (Å²) in [5.41, 5.74) is 8.30. The Kier molecular flexibility index (Phi) is 5.59. The molecule has 1 aliphatic heterocycles. The van der Waals surface area contributed by atoms with Gasteiger partial charge in [0.2, 0.25) is 0 Å². The fourth-order valence-corrected chi connectivity index (χ4v) is 3.51. The fourth-order valence-electron chi connectivity index (χ4n) is 2.60. The number of rotatable bonds is 4. The lowest BCUT2D eigenvalue weighted by Gasteiger charge is -2.27. The van der Waals surface area contributed by atoms with Crippen LogP contribution in [-0.2, 0) is 13.1 Å². The third kappa shape index (κ3) is 4.41. The maximum absolute atomic E-state index is 11.7. The van der Waals surface area contributed by atoms with Crippen LogP contribution in [0.15, 0.2) is 58.4 Å². The van der Waals surface area contributed by atoms with Gasteiger partial charge in [0, 0.05) is 36.9 Å². The smallest absolute Gasteiger partial charge is 0.250 e. The number of pyridine rings is 1. The van der Waals surface area contributed by atoms with Gasteiger partial charge >= 0.3 is 0 Å². The van der Waals surface area contributed by atoms with Gasteiger partial charge in [0.05, 0.1) is 13.1 Å². The highest BCUT2D eigenvalue weighted by atomic mass is 32.2. The van der Waals surface area contributed by atoms with Gasteiger partial charge in [0.25, 0.3) is 5.56 Å². The SMILES string of the molecule is NC(=NCc1ccc(Cn2ccccc2=O)cc1)N1CCSCC1. The number of nitrogens with two attached hydrogens (primary N) is 1. The maximum Gasteiger partial charge on any atom is 0.250 e. The summed E-state index contributed by atoms with van der Waals surface area (Å²) in [5, 5.41) is 0. The highest BCUT2D eigenvalue weighted by Crippen LogP contribution is 2.10. The van der Waals surface area contributed by atoms with Crippen molar-refractivity contribution in [1.82, 2.24) is 9.47 Å². The van der Waals surface area contributed by atoms with Crippen LogP contribution in [0.1, 0.15) is 11.1 Å². The lowest BCUT2D eigenvalue weighted by atomic mass is 10.1. The average molecular weight is 342 g/mol. The van der Waals surface area contributed by atoms with Crippen LogP contribution in [0.2, 0.25) is 0 Å². The third-order valence-electron chi connectivity index (χ3n) is 4.03. The van der Waals surface area contributed by atoms with Crippen LogP contribution < -0.4 is 11.3 Å². The maximum atomic E-state index is 11.7. The minimum Gasteiger partial charge on any atom is -0.370 e. The molecule has 126 valence electrons. The topological polar surface area (TPSA) is 63.6 Å². The van der Waals surface area contributed by atoms with E-state index < -0.39 is 0 Å². The molecular weight excluding hydrogens is 320 g/mol. The normalized spacial score (nSPS) is 15.5. The Morgan fingerprint density at radius 1 is 1.08 bits per heavy atom. The monoisotopic (exact) mass is 342 g/mol. The van der Waals surface area contributed by atoms with E-state index in [0.29, 0.717) is 19.0 Å². The molecule has 0 atom stereocenters. The van der Waals surface area contributed by atoms with E-state index in [-0.39, 0.29) is 5.56 Å². The lowest BCUT2D eigenvalue weighted by molar-refractivity contribution is 0.455. The molecule has 0 bridgehead atoms. The largest absolute Gasteiger partial charge is 0.370 e. The van der Waals surface area contributed by atoms with E-state index in [1.54, 1.807) is 22.9 Å². The Morgan fingerprint density at radius 2 is 1.79 bits per heavy atom. The number of nitrogens with zero attached hydrogens (tertiary/aromatic N) is 3. The van der Waals surface area contributed by atoms with Crippen molar-refractivity contribution in [1.29, 1.82) is 0 Å². The van der Waals surface area contributed by atoms with Crippen molar-refractivity contribution in [2.45, 2.75) is 13.1 Å². The number of aliphatic imine (C=N–C) groups is 1. The van der Waals surface area contributed by atoms with Crippen molar-refractivity contribution in [3.63, 3.8) is 0 Å². The molecule has 3 rings (SSSR count). The summed E-state index contributed by atoms with van der Waals surface area (Å²) in [6, 6.07) is 13.4. The third-order valence-corrected chi connectivity index (χ3v) is 4.98. The summed E-state index contributed by atoms with van der Waals surface area (Å²) in [6.45, 7) is 3.12. The van der Waals surface area contributed by atoms with Gasteiger partial charge in [0.15, 0.2) is 5.96 Å². The molecule has 1 aromatic carbocycles. The number of thioether (sulfide) groups is 1. The molecule has 0 unspecified atom stereocenters. The van der Waals surface area contributed by atoms with E-state index in [9.17, 15) is 4.79 Å². The summed E-state index contributed by atoms with van der Waals surface area (Å²) in [4.78, 5) is 18.4. The number of guanidine groups is 1. The van der Waals surface area contributed by atoms with Crippen molar-refractivity contribution >= 4 is 17.7 Å². The molecule has 1 aromatic heterocycles. The number of hydrogen-bond acceptors (Lipinski definition) is 3. The van der Waals surface area contributed by atoms with E-state index in [2.05, 4.69) is 9.89 Å². The molecule has 0 aliphatic carbocycles. The molecule has 1 fully saturated rings. The van der Waals surface area contributed by atoms with Crippen LogP contribution in [0.25, 0.3) is 0 Å². The quantitative estimate of drug-likeness (QED) is 0.679. The van der Waals surface area contributed by atoms with Crippen LogP contribution in [0.4, 0.5) is 0 Å². The van der Waals surface area contributed by atoms with Crippen LogP contribution in [0.5, 0.6) is 0 Å². The van der Waals surface area contributed by atoms with Crippen molar-refractivity contribution in [2.75, 3.05) is 24.6 Å². The van der Waals surface area contributed by atoms with Gasteiger partial charge in [-0.25, -0.2) is 4.99 Å². The number of hydrogen-bond donors (Lipinski definition) is 1. The van der Waals surface area contributed by atoms with Gasteiger partial charge in [-0.1, -0.05) is 30.3 Å². The van der Waals surface area contributed by atoms with Crippen LogP contribution in [0, 0.1) is 0 Å². The van der Waals surface area contributed by atoms with Crippen LogP contribution >= 0.6 is 11.8 Å². The molecule has 5 nitrogen and oxygen atoms in total. The second-order valence-electron chi connectivity index (χ2n) is 5.76. The number of aromatic nitrogens is 1. The summed E-state index contributed by atoms with van der Waals surface area (Å²) >= 11 is 1.96. The Bertz CT molecular complexity index is 748. The molecule has 1 saturated heterocycles. The minimum absolute atomic E-state index is 0.0126. The summed E-state index contributed by atoms with van der Waals surface area (Å²) < 4.78 is 1.69. The molecule has 0 amide bonds. The predicted molar refractivity (Wildman–Crippen MR) is 100 cm³/mol. The van der Waals surface area contributed by atoms with Gasteiger partial charge in [-0.3, -0.25) is 4.79 Å². The fraction of sp³-hybridized carbons (Fsp3) is 0.333. The zero-order valence-electron chi connectivity index (χ0n) is 13.6. The zero-order valence-corrected chi connectivity index (χ0v) is 14.4. The van der Waals surface area contributed by atoms with E-state index in [1.807, 2.05) is 42.1 Å². The number of benzene rings is 1. The molecule has 1 aliphatic rings. The van der Waals surface area contributed by atoms with Gasteiger partial charge in [-0.15, -0.1) is 0 Å². The lowest BCUT2D eigenvalue weighted by Crippen LogP contribution is -2.42. The summed E-state index contributed by atoms with van der Waals surface area (Å²) in [7, 11) is 0. The van der Waals surface area contributed by atoms with Gasteiger partial charge < -0.3 is 15.2 Å². The van der Waals surface area contributed by atoms with E-state index in [0.717, 1.165) is 35.7 Å².